The summed E-state index contributed by atoms with van der Waals surface area (Å²) in [7, 11) is -4.61. The van der Waals surface area contributed by atoms with Crippen LogP contribution in [0.25, 0.3) is 0 Å². The Kier molecular flexibility index (Phi) is 5.00. The first kappa shape index (κ1) is 10.4. The van der Waals surface area contributed by atoms with E-state index in [1.807, 2.05) is 0 Å². The second-order valence-electron chi connectivity index (χ2n) is 0.502. The van der Waals surface area contributed by atoms with Crippen LogP contribution in [0.1, 0.15) is 0 Å². The third-order valence-corrected chi connectivity index (χ3v) is 0.283. The topological polar surface area (TPSA) is 83.8 Å². The zero-order valence-electron chi connectivity index (χ0n) is 2.94. The van der Waals surface area contributed by atoms with Gasteiger partial charge in [-0.2, -0.15) is 8.42 Å². The molecule has 0 radical (unpaired) electrons. The van der Waals surface area contributed by atoms with Crippen molar-refractivity contribution in [3.63, 3.8) is 0 Å². The van der Waals surface area contributed by atoms with Gasteiger partial charge >= 0.3 is 10.4 Å². The molecule has 0 aliphatic carbocycles. The maximum absolute atomic E-state index is 9.08. The van der Waals surface area contributed by atoms with Crippen molar-refractivity contribution in [2.75, 3.05) is 0 Å². The molecule has 0 bridgehead atoms. The van der Waals surface area contributed by atoms with Crippen LogP contribution < -0.4 is 0 Å². The van der Waals surface area contributed by atoms with Gasteiger partial charge in [0.25, 0.3) is 0 Å². The van der Waals surface area contributed by atoms with E-state index >= 15 is 0 Å². The fourth-order valence-electron chi connectivity index (χ4n) is 0. The summed E-state index contributed by atoms with van der Waals surface area (Å²) in [6.07, 6.45) is 0. The van der Waals surface area contributed by atoms with Crippen molar-refractivity contribution in [2.45, 2.75) is 0 Å². The van der Waals surface area contributed by atoms with E-state index in [1.54, 1.807) is 0 Å². The van der Waals surface area contributed by atoms with E-state index in [1.165, 1.54) is 0 Å². The van der Waals surface area contributed by atoms with Gasteiger partial charge in [-0.25, -0.2) is 5.26 Å². The molecule has 0 aromatic carbocycles. The van der Waals surface area contributed by atoms with Crippen molar-refractivity contribution in [3.8, 4) is 0 Å². The average molecular weight is 166 g/mol. The van der Waals surface area contributed by atoms with Gasteiger partial charge in [0.2, 0.25) is 0 Å². The molecule has 0 unspecified atom stereocenters. The first-order chi connectivity index (χ1) is 2.56. The van der Waals surface area contributed by atoms with Gasteiger partial charge in [-0.1, -0.05) is 4.33 Å². The van der Waals surface area contributed by atoms with Crippen molar-refractivity contribution in [3.05, 3.63) is 0 Å². The van der Waals surface area contributed by atoms with Crippen LogP contribution in [0.4, 0.5) is 0 Å². The average Bonchev–Trinajstić information content (AvgIpc) is 1.35. The van der Waals surface area contributed by atoms with Crippen LogP contribution in [-0.2, 0) is 32.1 Å². The Hall–Kier alpha value is 0.362. The van der Waals surface area contributed by atoms with Crippen molar-refractivity contribution < 1.29 is 39.9 Å². The second kappa shape index (κ2) is 3.38. The predicted molar refractivity (Wildman–Crippen MR) is 15.3 cm³/mol. The summed E-state index contributed by atoms with van der Waals surface area (Å²) in [5, 5.41) is 7.06. The predicted octanol–water partition coefficient (Wildman–Crippen LogP) is -0.724. The fraction of sp³-hybridized carbons (Fsp3) is 0. The van der Waals surface area contributed by atoms with Gasteiger partial charge in [-0.3, -0.25) is 4.55 Å². The molecule has 0 aliphatic heterocycles. The summed E-state index contributed by atoms with van der Waals surface area (Å²) in [4.78, 5) is 0. The van der Waals surface area contributed by atoms with Crippen LogP contribution >= 0.6 is 0 Å². The van der Waals surface area contributed by atoms with Crippen LogP contribution in [0.15, 0.2) is 0 Å². The molecule has 44 valence electrons. The molecule has 0 rings (SSSR count). The van der Waals surface area contributed by atoms with Gasteiger partial charge in [-0.05, 0) is 0 Å². The van der Waals surface area contributed by atoms with Gasteiger partial charge in [0.1, 0.15) is 0 Å². The zero-order chi connectivity index (χ0) is 5.21. The Labute approximate surface area is 50.9 Å². The van der Waals surface area contributed by atoms with E-state index < -0.39 is 10.4 Å². The van der Waals surface area contributed by atoms with Crippen LogP contribution in [0.5, 0.6) is 0 Å². The van der Waals surface area contributed by atoms with Crippen LogP contribution in [0.2, 0.25) is 0 Å². The molecule has 0 fully saturated rings. The summed E-state index contributed by atoms with van der Waals surface area (Å²) >= 11 is 0. The molecule has 0 spiro atoms. The first-order valence-corrected chi connectivity index (χ1v) is 2.23. The van der Waals surface area contributed by atoms with Crippen molar-refractivity contribution in [1.82, 2.24) is 0 Å². The molecule has 0 aromatic rings. The quantitative estimate of drug-likeness (QED) is 0.305. The standard InChI is InChI=1S/Cr.H2O5S/c;1-5-6(2,3)4/h;1H,(H,2,3,4). The third-order valence-electron chi connectivity index (χ3n) is 0.0942. The van der Waals surface area contributed by atoms with E-state index in [2.05, 4.69) is 4.33 Å². The van der Waals surface area contributed by atoms with Gasteiger partial charge in [0.05, 0.1) is 0 Å². The number of rotatable bonds is 1. The van der Waals surface area contributed by atoms with Crippen LogP contribution in [-0.4, -0.2) is 18.2 Å². The zero-order valence-corrected chi connectivity index (χ0v) is 5.03. The molecule has 7 heteroatoms. The Morgan fingerprint density at radius 2 is 1.57 bits per heavy atom. The van der Waals surface area contributed by atoms with E-state index in [0.29, 0.717) is 0 Å². The van der Waals surface area contributed by atoms with Crippen LogP contribution in [0.3, 0.4) is 0 Å². The molecule has 5 nitrogen and oxygen atoms in total. The largest absolute Gasteiger partial charge is 0.423 e. The molecular weight excluding hydrogens is 164 g/mol. The summed E-state index contributed by atoms with van der Waals surface area (Å²) in [5.74, 6) is 0. The smallest absolute Gasteiger partial charge is 0.262 e. The molecule has 0 aromatic heterocycles. The molecule has 0 saturated heterocycles. The number of hydrogen-bond acceptors (Lipinski definition) is 4. The Morgan fingerprint density at radius 3 is 1.57 bits per heavy atom. The second-order valence-corrected chi connectivity index (χ2v) is 1.51. The Balaban J connectivity index is 0. The number of hydrogen-bond donors (Lipinski definition) is 2. The Morgan fingerprint density at radius 1 is 1.43 bits per heavy atom. The van der Waals surface area contributed by atoms with Gasteiger partial charge in [-0.15, -0.1) is 0 Å². The molecular formula is H2CrO5S. The first-order valence-electron chi connectivity index (χ1n) is 0.865. The fourth-order valence-corrected chi connectivity index (χ4v) is 0. The van der Waals surface area contributed by atoms with Crippen molar-refractivity contribution in [2.24, 2.45) is 0 Å². The molecule has 0 saturated carbocycles. The van der Waals surface area contributed by atoms with Gasteiger partial charge in [0.15, 0.2) is 0 Å². The maximum Gasteiger partial charge on any atom is 0.423 e. The SMILES string of the molecule is O=S(=O)(O)OO.[Cr]. The monoisotopic (exact) mass is 166 g/mol. The van der Waals surface area contributed by atoms with E-state index in [9.17, 15) is 0 Å². The summed E-state index contributed by atoms with van der Waals surface area (Å²) in [6, 6.07) is 0. The summed E-state index contributed by atoms with van der Waals surface area (Å²) in [5.41, 5.74) is 0. The minimum Gasteiger partial charge on any atom is -0.262 e. The summed E-state index contributed by atoms with van der Waals surface area (Å²) in [6.45, 7) is 0. The van der Waals surface area contributed by atoms with Gasteiger partial charge < -0.3 is 0 Å². The van der Waals surface area contributed by atoms with E-state index in [4.69, 9.17) is 18.2 Å². The van der Waals surface area contributed by atoms with Crippen LogP contribution in [0, 0.1) is 0 Å². The van der Waals surface area contributed by atoms with Gasteiger partial charge in [0, 0.05) is 17.4 Å². The third kappa shape index (κ3) is 10.7. The molecule has 0 heterocycles. The summed E-state index contributed by atoms with van der Waals surface area (Å²) < 4.78 is 28.0. The Bertz CT molecular complexity index is 110. The molecule has 7 heavy (non-hydrogen) atoms. The minimum atomic E-state index is -4.61. The molecule has 0 amide bonds. The van der Waals surface area contributed by atoms with E-state index in [-0.39, 0.29) is 17.4 Å². The van der Waals surface area contributed by atoms with E-state index in [0.717, 1.165) is 0 Å². The molecule has 0 aliphatic rings. The maximum atomic E-state index is 9.08. The molecule has 2 N–H and O–H groups in total. The van der Waals surface area contributed by atoms with Crippen molar-refractivity contribution >= 4 is 10.4 Å². The normalized spacial score (nSPS) is 10.0. The minimum absolute atomic E-state index is 0. The molecule has 0 atom stereocenters. The van der Waals surface area contributed by atoms with Crippen molar-refractivity contribution in [1.29, 1.82) is 0 Å².